The fourth-order valence-electron chi connectivity index (χ4n) is 4.53. The molecule has 1 aromatic rings. The lowest BCUT2D eigenvalue weighted by molar-refractivity contribution is 0.142. The molecule has 4 aliphatic rings. The molecule has 2 heteroatoms. The molecule has 0 nitrogen and oxygen atoms in total. The second kappa shape index (κ2) is 3.13. The van der Waals surface area contributed by atoms with E-state index in [2.05, 4.69) is 24.8 Å². The maximum atomic E-state index is 2.70. The Bertz CT molecular complexity index is 329. The van der Waals surface area contributed by atoms with Crippen molar-refractivity contribution in [3.8, 4) is 0 Å². The molecule has 15 heavy (non-hydrogen) atoms. The maximum absolute atomic E-state index is 2.70. The van der Waals surface area contributed by atoms with Gasteiger partial charge in [0.15, 0.2) is 0 Å². The summed E-state index contributed by atoms with van der Waals surface area (Å²) in [5.41, 5.74) is 0. The summed E-state index contributed by atoms with van der Waals surface area (Å²) < 4.78 is 0. The van der Waals surface area contributed by atoms with Crippen LogP contribution in [0.1, 0.15) is 36.5 Å². The summed E-state index contributed by atoms with van der Waals surface area (Å²) in [6.45, 7) is 0. The summed E-state index contributed by atoms with van der Waals surface area (Å²) in [6.07, 6.45) is 6.04. The van der Waals surface area contributed by atoms with Crippen LogP contribution in [0.25, 0.3) is 0 Å². The Labute approximate surface area is 96.3 Å². The zero-order valence-corrected chi connectivity index (χ0v) is 9.75. The Balaban J connectivity index is 1.71. The minimum atomic E-state index is 0.901. The van der Waals surface area contributed by atoms with Gasteiger partial charge in [-0.3, -0.25) is 0 Å². The third kappa shape index (κ3) is 1.27. The highest BCUT2D eigenvalue weighted by Gasteiger charge is 2.49. The molecule has 1 radical (unpaired) electrons. The van der Waals surface area contributed by atoms with Crippen LogP contribution in [0.5, 0.6) is 0 Å². The first-order valence-electron chi connectivity index (χ1n) is 6.28. The molecule has 2 saturated heterocycles. The van der Waals surface area contributed by atoms with Crippen LogP contribution in [0.15, 0.2) is 17.5 Å². The summed E-state index contributed by atoms with van der Waals surface area (Å²) >= 11 is 1.98. The average Bonchev–Trinajstić information content (AvgIpc) is 2.69. The normalized spacial score (nSPS) is 46.8. The van der Waals surface area contributed by atoms with Crippen molar-refractivity contribution in [2.75, 3.05) is 0 Å². The summed E-state index contributed by atoms with van der Waals surface area (Å²) in [6, 6.07) is 4.59. The Morgan fingerprint density at radius 1 is 1.20 bits per heavy atom. The number of hydrogen-bond acceptors (Lipinski definition) is 1. The minimum Gasteiger partial charge on any atom is -0.149 e. The summed E-state index contributed by atoms with van der Waals surface area (Å²) in [7, 11) is 2.70. The number of thiophene rings is 1. The van der Waals surface area contributed by atoms with Gasteiger partial charge < -0.3 is 0 Å². The lowest BCUT2D eigenvalue weighted by Gasteiger charge is -2.54. The average molecular weight is 215 g/mol. The van der Waals surface area contributed by atoms with Gasteiger partial charge in [0.2, 0.25) is 0 Å². The molecule has 5 unspecified atom stereocenters. The zero-order valence-electron chi connectivity index (χ0n) is 8.93. The molecule has 0 amide bonds. The van der Waals surface area contributed by atoms with E-state index in [0.29, 0.717) is 0 Å². The first kappa shape index (κ1) is 8.86. The number of rotatable bonds is 1. The highest BCUT2D eigenvalue weighted by molar-refractivity contribution is 7.10. The van der Waals surface area contributed by atoms with Gasteiger partial charge in [0.1, 0.15) is 7.28 Å². The summed E-state index contributed by atoms with van der Waals surface area (Å²) in [5.74, 6) is 4.93. The van der Waals surface area contributed by atoms with E-state index >= 15 is 0 Å². The summed E-state index contributed by atoms with van der Waals surface area (Å²) in [5, 5.41) is 2.25. The lowest BCUT2D eigenvalue weighted by Crippen LogP contribution is -2.43. The minimum absolute atomic E-state index is 0.901. The van der Waals surface area contributed by atoms with Gasteiger partial charge >= 0.3 is 0 Å². The van der Waals surface area contributed by atoms with Crippen LogP contribution >= 0.6 is 11.3 Å². The van der Waals surface area contributed by atoms with Crippen molar-refractivity contribution in [3.05, 3.63) is 22.4 Å². The Kier molecular flexibility index (Phi) is 1.85. The van der Waals surface area contributed by atoms with E-state index < -0.39 is 0 Å². The second-order valence-corrected chi connectivity index (χ2v) is 6.71. The van der Waals surface area contributed by atoms with Crippen molar-refractivity contribution in [2.45, 2.75) is 43.2 Å². The van der Waals surface area contributed by atoms with Gasteiger partial charge in [-0.1, -0.05) is 37.0 Å². The molecular weight excluding hydrogens is 199 g/mol. The molecule has 3 heterocycles. The standard InChI is InChI=1S/C13H16BS/c1-2-12(15-3-1)13-9-4-8-5-10(7-9)14-11(13)6-8/h1-3,8-11,13H,4-7H2. The second-order valence-electron chi connectivity index (χ2n) is 5.73. The molecule has 4 bridgehead atoms. The van der Waals surface area contributed by atoms with E-state index in [1.165, 1.54) is 25.7 Å². The van der Waals surface area contributed by atoms with Crippen molar-refractivity contribution in [3.63, 3.8) is 0 Å². The van der Waals surface area contributed by atoms with Gasteiger partial charge in [-0.2, -0.15) is 0 Å². The maximum Gasteiger partial charge on any atom is 0.118 e. The van der Waals surface area contributed by atoms with Gasteiger partial charge in [-0.15, -0.1) is 11.3 Å². The SMILES string of the molecule is [B]1C2CC3CC1C(c1cccs1)C(C2)C3. The van der Waals surface area contributed by atoms with Crippen molar-refractivity contribution in [1.82, 2.24) is 0 Å². The topological polar surface area (TPSA) is 0 Å². The van der Waals surface area contributed by atoms with Crippen LogP contribution in [0.2, 0.25) is 11.6 Å². The van der Waals surface area contributed by atoms with Gasteiger partial charge in [0.25, 0.3) is 0 Å². The third-order valence-electron chi connectivity index (χ3n) is 4.84. The van der Waals surface area contributed by atoms with E-state index in [1.54, 1.807) is 4.88 Å². The Morgan fingerprint density at radius 3 is 2.93 bits per heavy atom. The van der Waals surface area contributed by atoms with Crippen LogP contribution in [-0.4, -0.2) is 7.28 Å². The van der Waals surface area contributed by atoms with E-state index in [1.807, 2.05) is 11.3 Å². The van der Waals surface area contributed by atoms with Crippen molar-refractivity contribution in [2.24, 2.45) is 11.8 Å². The van der Waals surface area contributed by atoms with E-state index in [-0.39, 0.29) is 0 Å². The van der Waals surface area contributed by atoms with E-state index in [9.17, 15) is 0 Å². The molecule has 0 spiro atoms. The number of hydrogen-bond donors (Lipinski definition) is 0. The van der Waals surface area contributed by atoms with Gasteiger partial charge in [-0.25, -0.2) is 0 Å². The van der Waals surface area contributed by atoms with Crippen LogP contribution in [-0.2, 0) is 0 Å². The molecule has 5 rings (SSSR count). The predicted molar refractivity (Wildman–Crippen MR) is 65.8 cm³/mol. The van der Waals surface area contributed by atoms with E-state index in [4.69, 9.17) is 0 Å². The quantitative estimate of drug-likeness (QED) is 0.622. The highest BCUT2D eigenvalue weighted by Crippen LogP contribution is 2.61. The Hall–Kier alpha value is -0.235. The molecular formula is C13H16BS. The fourth-order valence-corrected chi connectivity index (χ4v) is 5.53. The van der Waals surface area contributed by atoms with Crippen molar-refractivity contribution >= 4 is 18.6 Å². The molecule has 2 aliphatic heterocycles. The van der Waals surface area contributed by atoms with Gasteiger partial charge in [0.05, 0.1) is 0 Å². The Morgan fingerprint density at radius 2 is 2.20 bits per heavy atom. The highest BCUT2D eigenvalue weighted by atomic mass is 32.1. The zero-order chi connectivity index (χ0) is 9.83. The van der Waals surface area contributed by atoms with Crippen molar-refractivity contribution in [1.29, 1.82) is 0 Å². The molecule has 4 fully saturated rings. The third-order valence-corrected chi connectivity index (χ3v) is 5.82. The van der Waals surface area contributed by atoms with Crippen LogP contribution < -0.4 is 0 Å². The molecule has 1 aromatic heterocycles. The van der Waals surface area contributed by atoms with E-state index in [0.717, 1.165) is 29.4 Å². The van der Waals surface area contributed by atoms with Gasteiger partial charge in [-0.05, 0) is 35.6 Å². The van der Waals surface area contributed by atoms with Gasteiger partial charge in [0, 0.05) is 4.88 Å². The predicted octanol–water partition coefficient (Wildman–Crippen LogP) is 3.95. The lowest BCUT2D eigenvalue weighted by atomic mass is 9.34. The molecule has 2 saturated carbocycles. The smallest absolute Gasteiger partial charge is 0.118 e. The van der Waals surface area contributed by atoms with Crippen LogP contribution in [0.3, 0.4) is 0 Å². The van der Waals surface area contributed by atoms with Crippen molar-refractivity contribution < 1.29 is 0 Å². The first-order chi connectivity index (χ1) is 7.40. The monoisotopic (exact) mass is 215 g/mol. The largest absolute Gasteiger partial charge is 0.149 e. The molecule has 0 aromatic carbocycles. The fraction of sp³-hybridized carbons (Fsp3) is 0.692. The van der Waals surface area contributed by atoms with Crippen LogP contribution in [0.4, 0.5) is 0 Å². The van der Waals surface area contributed by atoms with Crippen LogP contribution in [0, 0.1) is 11.8 Å². The first-order valence-corrected chi connectivity index (χ1v) is 7.16. The molecule has 77 valence electrons. The molecule has 2 aliphatic carbocycles. The molecule has 5 atom stereocenters. The summed E-state index contributed by atoms with van der Waals surface area (Å²) in [4.78, 5) is 1.67. The molecule has 0 N–H and O–H groups in total.